The SMILES string of the molecule is CCC1CCC(NC(=O)[C@H]2CC(=O)N(c3cccc(Cl)c3C)C2)CC1. The average Bonchev–Trinajstić information content (AvgIpc) is 3.00. The Hall–Kier alpha value is -1.55. The number of nitrogens with zero attached hydrogens (tertiary/aromatic N) is 1. The lowest BCUT2D eigenvalue weighted by molar-refractivity contribution is -0.127. The number of carbonyl (C=O) groups is 2. The van der Waals surface area contributed by atoms with Crippen molar-refractivity contribution in [3.8, 4) is 0 Å². The van der Waals surface area contributed by atoms with Crippen LogP contribution in [0.2, 0.25) is 5.02 Å². The maximum absolute atomic E-state index is 12.6. The van der Waals surface area contributed by atoms with E-state index in [1.807, 2.05) is 25.1 Å². The van der Waals surface area contributed by atoms with Gasteiger partial charge < -0.3 is 10.2 Å². The molecule has 1 atom stereocenters. The molecule has 4 nitrogen and oxygen atoms in total. The summed E-state index contributed by atoms with van der Waals surface area (Å²) in [5, 5.41) is 3.82. The van der Waals surface area contributed by atoms with Crippen molar-refractivity contribution in [1.29, 1.82) is 0 Å². The number of hydrogen-bond acceptors (Lipinski definition) is 2. The van der Waals surface area contributed by atoms with Gasteiger partial charge in [0, 0.05) is 29.7 Å². The fraction of sp³-hybridized carbons (Fsp3) is 0.600. The molecule has 1 aliphatic heterocycles. The molecule has 0 aromatic heterocycles. The molecule has 1 aliphatic carbocycles. The molecule has 2 aliphatic rings. The highest BCUT2D eigenvalue weighted by Crippen LogP contribution is 2.32. The molecule has 2 fully saturated rings. The number of amides is 2. The third kappa shape index (κ3) is 4.00. The van der Waals surface area contributed by atoms with E-state index in [0.717, 1.165) is 30.0 Å². The lowest BCUT2D eigenvalue weighted by atomic mass is 9.84. The average molecular weight is 363 g/mol. The van der Waals surface area contributed by atoms with Crippen molar-refractivity contribution >= 4 is 29.1 Å². The van der Waals surface area contributed by atoms with Crippen molar-refractivity contribution in [3.05, 3.63) is 28.8 Å². The third-order valence-corrected chi connectivity index (χ3v) is 6.21. The van der Waals surface area contributed by atoms with Crippen molar-refractivity contribution in [1.82, 2.24) is 5.32 Å². The molecule has 5 heteroatoms. The van der Waals surface area contributed by atoms with Gasteiger partial charge in [-0.2, -0.15) is 0 Å². The van der Waals surface area contributed by atoms with Crippen LogP contribution in [0.15, 0.2) is 18.2 Å². The molecule has 1 saturated carbocycles. The van der Waals surface area contributed by atoms with E-state index in [1.165, 1.54) is 19.3 Å². The first-order valence-electron chi connectivity index (χ1n) is 9.35. The molecule has 1 heterocycles. The van der Waals surface area contributed by atoms with E-state index in [4.69, 9.17) is 11.6 Å². The van der Waals surface area contributed by atoms with Crippen LogP contribution in [0.5, 0.6) is 0 Å². The van der Waals surface area contributed by atoms with E-state index < -0.39 is 0 Å². The van der Waals surface area contributed by atoms with Gasteiger partial charge in [0.05, 0.1) is 5.92 Å². The second-order valence-corrected chi connectivity index (χ2v) is 7.83. The standard InChI is InChI=1S/C20H27ClN2O2/c1-3-14-7-9-16(10-8-14)22-20(25)15-11-19(24)23(12-15)18-6-4-5-17(21)13(18)2/h4-6,14-16H,3,7-12H2,1-2H3,(H,22,25)/t14?,15-,16?/m0/s1. The van der Waals surface area contributed by atoms with Crippen LogP contribution < -0.4 is 10.2 Å². The van der Waals surface area contributed by atoms with Crippen LogP contribution in [0.4, 0.5) is 5.69 Å². The van der Waals surface area contributed by atoms with E-state index in [-0.39, 0.29) is 30.2 Å². The summed E-state index contributed by atoms with van der Waals surface area (Å²) in [6.07, 6.45) is 6.01. The third-order valence-electron chi connectivity index (χ3n) is 5.80. The smallest absolute Gasteiger partial charge is 0.227 e. The molecule has 1 N–H and O–H groups in total. The maximum Gasteiger partial charge on any atom is 0.227 e. The van der Waals surface area contributed by atoms with E-state index in [1.54, 1.807) is 4.90 Å². The minimum absolute atomic E-state index is 0.000192. The Labute approximate surface area is 154 Å². The highest BCUT2D eigenvalue weighted by Gasteiger charge is 2.36. The molecule has 1 aromatic carbocycles. The summed E-state index contributed by atoms with van der Waals surface area (Å²) < 4.78 is 0. The Morgan fingerprint density at radius 1 is 1.28 bits per heavy atom. The molecule has 25 heavy (non-hydrogen) atoms. The predicted molar refractivity (Wildman–Crippen MR) is 101 cm³/mol. The molecule has 0 spiro atoms. The van der Waals surface area contributed by atoms with Crippen molar-refractivity contribution in [2.75, 3.05) is 11.4 Å². The summed E-state index contributed by atoms with van der Waals surface area (Å²) in [5.74, 6) is 0.563. The Bertz CT molecular complexity index is 653. The van der Waals surface area contributed by atoms with Gasteiger partial charge >= 0.3 is 0 Å². The Kier molecular flexibility index (Phi) is 5.67. The number of nitrogens with one attached hydrogen (secondary N) is 1. The van der Waals surface area contributed by atoms with Gasteiger partial charge in [0.25, 0.3) is 0 Å². The van der Waals surface area contributed by atoms with Crippen LogP contribution in [-0.4, -0.2) is 24.4 Å². The van der Waals surface area contributed by atoms with Crippen LogP contribution in [0.3, 0.4) is 0 Å². The highest BCUT2D eigenvalue weighted by atomic mass is 35.5. The van der Waals surface area contributed by atoms with Crippen molar-refractivity contribution in [2.24, 2.45) is 11.8 Å². The molecular weight excluding hydrogens is 336 g/mol. The van der Waals surface area contributed by atoms with E-state index in [9.17, 15) is 9.59 Å². The first-order chi connectivity index (χ1) is 12.0. The minimum Gasteiger partial charge on any atom is -0.353 e. The molecule has 0 radical (unpaired) electrons. The largest absolute Gasteiger partial charge is 0.353 e. The second kappa shape index (κ2) is 7.77. The van der Waals surface area contributed by atoms with E-state index >= 15 is 0 Å². The Balaban J connectivity index is 1.60. The molecule has 3 rings (SSSR count). The van der Waals surface area contributed by atoms with Gasteiger partial charge in [-0.05, 0) is 56.2 Å². The predicted octanol–water partition coefficient (Wildman–Crippen LogP) is 4.09. The lowest BCUT2D eigenvalue weighted by Crippen LogP contribution is -2.41. The quantitative estimate of drug-likeness (QED) is 0.877. The van der Waals surface area contributed by atoms with Gasteiger partial charge in [-0.3, -0.25) is 9.59 Å². The summed E-state index contributed by atoms with van der Waals surface area (Å²) in [5.41, 5.74) is 1.70. The summed E-state index contributed by atoms with van der Waals surface area (Å²) in [4.78, 5) is 26.8. The summed E-state index contributed by atoms with van der Waals surface area (Å²) in [6, 6.07) is 5.83. The van der Waals surface area contributed by atoms with Crippen LogP contribution in [0.1, 0.15) is 51.0 Å². The minimum atomic E-state index is -0.269. The summed E-state index contributed by atoms with van der Waals surface area (Å²) in [6.45, 7) is 4.58. The van der Waals surface area contributed by atoms with Crippen LogP contribution in [0.25, 0.3) is 0 Å². The fourth-order valence-electron chi connectivity index (χ4n) is 4.04. The number of carbonyl (C=O) groups excluding carboxylic acids is 2. The monoisotopic (exact) mass is 362 g/mol. The van der Waals surface area contributed by atoms with Gasteiger partial charge in [0.15, 0.2) is 0 Å². The normalized spacial score (nSPS) is 26.8. The van der Waals surface area contributed by atoms with Gasteiger partial charge in [-0.1, -0.05) is 31.0 Å². The number of halogens is 1. The second-order valence-electron chi connectivity index (χ2n) is 7.42. The van der Waals surface area contributed by atoms with Gasteiger partial charge in [0.2, 0.25) is 11.8 Å². The van der Waals surface area contributed by atoms with Crippen molar-refractivity contribution in [2.45, 2.75) is 58.4 Å². The summed E-state index contributed by atoms with van der Waals surface area (Å²) >= 11 is 6.17. The van der Waals surface area contributed by atoms with E-state index in [2.05, 4.69) is 12.2 Å². The lowest BCUT2D eigenvalue weighted by Gasteiger charge is -2.29. The Morgan fingerprint density at radius 2 is 2.00 bits per heavy atom. The number of benzene rings is 1. The van der Waals surface area contributed by atoms with Crippen molar-refractivity contribution in [3.63, 3.8) is 0 Å². The zero-order valence-corrected chi connectivity index (χ0v) is 15.8. The van der Waals surface area contributed by atoms with Gasteiger partial charge in [-0.15, -0.1) is 0 Å². The molecule has 1 aromatic rings. The van der Waals surface area contributed by atoms with Crippen molar-refractivity contribution < 1.29 is 9.59 Å². The van der Waals surface area contributed by atoms with Crippen LogP contribution in [0, 0.1) is 18.8 Å². The number of rotatable bonds is 4. The number of hydrogen-bond donors (Lipinski definition) is 1. The number of anilines is 1. The topological polar surface area (TPSA) is 49.4 Å². The zero-order valence-electron chi connectivity index (χ0n) is 15.1. The zero-order chi connectivity index (χ0) is 18.0. The first-order valence-corrected chi connectivity index (χ1v) is 9.73. The fourth-order valence-corrected chi connectivity index (χ4v) is 4.21. The van der Waals surface area contributed by atoms with Crippen LogP contribution in [-0.2, 0) is 9.59 Å². The molecule has 136 valence electrons. The van der Waals surface area contributed by atoms with Crippen LogP contribution >= 0.6 is 11.6 Å². The summed E-state index contributed by atoms with van der Waals surface area (Å²) in [7, 11) is 0. The molecule has 0 unspecified atom stereocenters. The van der Waals surface area contributed by atoms with E-state index in [0.29, 0.717) is 11.6 Å². The first kappa shape index (κ1) is 18.2. The molecule has 2 amide bonds. The molecule has 1 saturated heterocycles. The molecular formula is C20H27ClN2O2. The molecule has 0 bridgehead atoms. The Morgan fingerprint density at radius 3 is 2.68 bits per heavy atom. The van der Waals surface area contributed by atoms with Gasteiger partial charge in [0.1, 0.15) is 0 Å². The van der Waals surface area contributed by atoms with Gasteiger partial charge in [-0.25, -0.2) is 0 Å². The highest BCUT2D eigenvalue weighted by molar-refractivity contribution is 6.31. The maximum atomic E-state index is 12.6.